The van der Waals surface area contributed by atoms with Crippen LogP contribution >= 0.6 is 0 Å². The summed E-state index contributed by atoms with van der Waals surface area (Å²) in [6.07, 6.45) is 1.41. The van der Waals surface area contributed by atoms with Crippen molar-refractivity contribution in [1.82, 2.24) is 4.90 Å². The number of carbonyl (C=O) groups excluding carboxylic acids is 1. The molecule has 2 heteroatoms. The van der Waals surface area contributed by atoms with Gasteiger partial charge in [0.05, 0.1) is 0 Å². The summed E-state index contributed by atoms with van der Waals surface area (Å²) in [5.41, 5.74) is 2.76. The predicted octanol–water partition coefficient (Wildman–Crippen LogP) is 3.00. The first kappa shape index (κ1) is 13.8. The Morgan fingerprint density at radius 3 is 2.06 bits per heavy atom. The topological polar surface area (TPSA) is 20.3 Å². The lowest BCUT2D eigenvalue weighted by Gasteiger charge is -2.19. The van der Waals surface area contributed by atoms with Crippen LogP contribution in [-0.2, 0) is 16.6 Å². The third-order valence-electron chi connectivity index (χ3n) is 2.95. The van der Waals surface area contributed by atoms with Crippen LogP contribution in [0.4, 0.5) is 0 Å². The summed E-state index contributed by atoms with van der Waals surface area (Å²) in [4.78, 5) is 13.1. The van der Waals surface area contributed by atoms with Gasteiger partial charge in [0.2, 0.25) is 5.91 Å². The zero-order valence-electron chi connectivity index (χ0n) is 11.6. The van der Waals surface area contributed by atoms with Gasteiger partial charge in [0.25, 0.3) is 0 Å². The van der Waals surface area contributed by atoms with Crippen LogP contribution in [0.3, 0.4) is 0 Å². The molecule has 0 aromatic heterocycles. The largest absolute Gasteiger partial charge is 0.349 e. The molecule has 0 radical (unpaired) electrons. The summed E-state index contributed by atoms with van der Waals surface area (Å²) < 4.78 is 0. The summed E-state index contributed by atoms with van der Waals surface area (Å²) in [5.74, 6) is 0.185. The van der Waals surface area contributed by atoms with Crippen molar-refractivity contribution in [3.8, 4) is 0 Å². The van der Waals surface area contributed by atoms with Crippen LogP contribution in [0.1, 0.15) is 38.3 Å². The van der Waals surface area contributed by atoms with E-state index >= 15 is 0 Å². The number of hydrogen-bond acceptors (Lipinski definition) is 1. The lowest BCUT2D eigenvalue weighted by Crippen LogP contribution is -2.21. The standard InChI is InChI=1S/C15H23NO/c1-15(2,3)13-9-6-12(7-10-13)8-11-14(17)16(4)5/h6-7,9-10H,8,11H2,1-5H3. The molecule has 0 aliphatic rings. The van der Waals surface area contributed by atoms with Crippen LogP contribution in [0.5, 0.6) is 0 Å². The van der Waals surface area contributed by atoms with E-state index in [1.165, 1.54) is 11.1 Å². The Morgan fingerprint density at radius 1 is 1.12 bits per heavy atom. The monoisotopic (exact) mass is 233 g/mol. The molecule has 0 N–H and O–H groups in total. The summed E-state index contributed by atoms with van der Waals surface area (Å²) in [7, 11) is 3.59. The van der Waals surface area contributed by atoms with Crippen molar-refractivity contribution in [1.29, 1.82) is 0 Å². The van der Waals surface area contributed by atoms with Crippen molar-refractivity contribution in [3.63, 3.8) is 0 Å². The van der Waals surface area contributed by atoms with E-state index in [-0.39, 0.29) is 11.3 Å². The fourth-order valence-corrected chi connectivity index (χ4v) is 1.65. The molecule has 0 saturated carbocycles. The average molecular weight is 233 g/mol. The smallest absolute Gasteiger partial charge is 0.222 e. The van der Waals surface area contributed by atoms with E-state index < -0.39 is 0 Å². The highest BCUT2D eigenvalue weighted by atomic mass is 16.2. The second-order valence-corrected chi connectivity index (χ2v) is 5.74. The number of benzene rings is 1. The first-order chi connectivity index (χ1) is 7.80. The van der Waals surface area contributed by atoms with Gasteiger partial charge in [0, 0.05) is 20.5 Å². The molecule has 0 aliphatic carbocycles. The van der Waals surface area contributed by atoms with E-state index in [0.29, 0.717) is 6.42 Å². The van der Waals surface area contributed by atoms with Gasteiger partial charge in [-0.1, -0.05) is 45.0 Å². The fraction of sp³-hybridized carbons (Fsp3) is 0.533. The maximum atomic E-state index is 11.5. The molecule has 0 bridgehead atoms. The Labute approximate surface area is 105 Å². The fourth-order valence-electron chi connectivity index (χ4n) is 1.65. The van der Waals surface area contributed by atoms with Crippen molar-refractivity contribution in [3.05, 3.63) is 35.4 Å². The maximum absolute atomic E-state index is 11.5. The highest BCUT2D eigenvalue weighted by Gasteiger charge is 2.13. The van der Waals surface area contributed by atoms with Gasteiger partial charge >= 0.3 is 0 Å². The molecule has 2 nitrogen and oxygen atoms in total. The molecule has 0 aliphatic heterocycles. The molecule has 0 fully saturated rings. The van der Waals surface area contributed by atoms with Gasteiger partial charge < -0.3 is 4.90 Å². The summed E-state index contributed by atoms with van der Waals surface area (Å²) in [6.45, 7) is 6.62. The Balaban J connectivity index is 2.61. The predicted molar refractivity (Wildman–Crippen MR) is 72.2 cm³/mol. The number of hydrogen-bond donors (Lipinski definition) is 0. The molecule has 1 amide bonds. The quantitative estimate of drug-likeness (QED) is 0.786. The lowest BCUT2D eigenvalue weighted by molar-refractivity contribution is -0.128. The Hall–Kier alpha value is -1.31. The molecule has 1 aromatic carbocycles. The average Bonchev–Trinajstić information content (AvgIpc) is 2.25. The van der Waals surface area contributed by atoms with Crippen LogP contribution in [0, 0.1) is 0 Å². The lowest BCUT2D eigenvalue weighted by atomic mass is 9.86. The van der Waals surface area contributed by atoms with Gasteiger partial charge in [0.15, 0.2) is 0 Å². The summed E-state index contributed by atoms with van der Waals surface area (Å²) >= 11 is 0. The van der Waals surface area contributed by atoms with E-state index in [1.807, 2.05) is 0 Å². The van der Waals surface area contributed by atoms with E-state index in [0.717, 1.165) is 6.42 Å². The van der Waals surface area contributed by atoms with Crippen LogP contribution in [0.15, 0.2) is 24.3 Å². The van der Waals surface area contributed by atoms with Crippen molar-refractivity contribution >= 4 is 5.91 Å². The van der Waals surface area contributed by atoms with E-state index in [2.05, 4.69) is 45.0 Å². The normalized spacial score (nSPS) is 11.4. The minimum Gasteiger partial charge on any atom is -0.349 e. The van der Waals surface area contributed by atoms with Crippen LogP contribution in [0.25, 0.3) is 0 Å². The molecule has 0 saturated heterocycles. The molecule has 0 spiro atoms. The van der Waals surface area contributed by atoms with Gasteiger partial charge in [-0.15, -0.1) is 0 Å². The summed E-state index contributed by atoms with van der Waals surface area (Å²) in [5, 5.41) is 0. The highest BCUT2D eigenvalue weighted by molar-refractivity contribution is 5.75. The van der Waals surface area contributed by atoms with Crippen LogP contribution in [-0.4, -0.2) is 24.9 Å². The highest BCUT2D eigenvalue weighted by Crippen LogP contribution is 2.22. The Morgan fingerprint density at radius 2 is 1.65 bits per heavy atom. The van der Waals surface area contributed by atoms with Gasteiger partial charge in [-0.05, 0) is 23.0 Å². The molecular formula is C15H23NO. The zero-order chi connectivity index (χ0) is 13.1. The van der Waals surface area contributed by atoms with Crippen molar-refractivity contribution in [2.45, 2.75) is 39.0 Å². The van der Waals surface area contributed by atoms with E-state index in [9.17, 15) is 4.79 Å². The van der Waals surface area contributed by atoms with E-state index in [1.54, 1.807) is 19.0 Å². The Kier molecular flexibility index (Phi) is 4.33. The van der Waals surface area contributed by atoms with Gasteiger partial charge in [-0.2, -0.15) is 0 Å². The summed E-state index contributed by atoms with van der Waals surface area (Å²) in [6, 6.07) is 8.58. The molecule has 0 atom stereocenters. The molecule has 17 heavy (non-hydrogen) atoms. The SMILES string of the molecule is CN(C)C(=O)CCc1ccc(C(C)(C)C)cc1. The zero-order valence-corrected chi connectivity index (χ0v) is 11.6. The Bertz CT molecular complexity index is 371. The van der Waals surface area contributed by atoms with Crippen molar-refractivity contribution in [2.24, 2.45) is 0 Å². The first-order valence-electron chi connectivity index (χ1n) is 6.10. The third-order valence-corrected chi connectivity index (χ3v) is 2.95. The van der Waals surface area contributed by atoms with Gasteiger partial charge in [-0.3, -0.25) is 4.79 Å². The van der Waals surface area contributed by atoms with Crippen LogP contribution < -0.4 is 0 Å². The number of nitrogens with zero attached hydrogens (tertiary/aromatic N) is 1. The third kappa shape index (κ3) is 4.22. The molecule has 0 heterocycles. The first-order valence-corrected chi connectivity index (χ1v) is 6.10. The molecular weight excluding hydrogens is 210 g/mol. The second kappa shape index (κ2) is 5.35. The number of amides is 1. The molecule has 1 rings (SSSR count). The number of rotatable bonds is 3. The van der Waals surface area contributed by atoms with Crippen LogP contribution in [0.2, 0.25) is 0 Å². The second-order valence-electron chi connectivity index (χ2n) is 5.74. The minimum absolute atomic E-state index is 0.185. The van der Waals surface area contributed by atoms with Gasteiger partial charge in [-0.25, -0.2) is 0 Å². The minimum atomic E-state index is 0.185. The van der Waals surface area contributed by atoms with Crippen molar-refractivity contribution in [2.75, 3.05) is 14.1 Å². The van der Waals surface area contributed by atoms with Gasteiger partial charge in [0.1, 0.15) is 0 Å². The molecule has 1 aromatic rings. The van der Waals surface area contributed by atoms with Crippen molar-refractivity contribution < 1.29 is 4.79 Å². The molecule has 94 valence electrons. The number of aryl methyl sites for hydroxylation is 1. The molecule has 0 unspecified atom stereocenters. The number of carbonyl (C=O) groups is 1. The van der Waals surface area contributed by atoms with E-state index in [4.69, 9.17) is 0 Å². The maximum Gasteiger partial charge on any atom is 0.222 e.